The number of carbonyl (C=O) groups is 1. The predicted octanol–water partition coefficient (Wildman–Crippen LogP) is 2.38. The van der Waals surface area contributed by atoms with E-state index in [1.165, 1.54) is 18.4 Å². The van der Waals surface area contributed by atoms with Gasteiger partial charge in [0, 0.05) is 5.56 Å². The molecule has 1 nitrogen and oxygen atoms in total. The summed E-state index contributed by atoms with van der Waals surface area (Å²) < 4.78 is 0. The molecule has 56 valence electrons. The summed E-state index contributed by atoms with van der Waals surface area (Å²) in [4.78, 5) is 10.6. The van der Waals surface area contributed by atoms with Gasteiger partial charge in [-0.15, -0.1) is 0 Å². The Labute approximate surface area is 66.0 Å². The molecule has 0 aromatic heterocycles. The second kappa shape index (κ2) is 2.50. The predicted molar refractivity (Wildman–Crippen MR) is 43.8 cm³/mol. The molecule has 0 unspecified atom stereocenters. The second-order valence-corrected chi connectivity index (χ2v) is 3.02. The first kappa shape index (κ1) is 6.59. The molecule has 1 aromatic rings. The summed E-state index contributed by atoms with van der Waals surface area (Å²) in [6, 6.07) is 7.86. The Morgan fingerprint density at radius 1 is 1.27 bits per heavy atom. The molecule has 1 saturated carbocycles. The van der Waals surface area contributed by atoms with Gasteiger partial charge in [-0.1, -0.05) is 24.3 Å². The van der Waals surface area contributed by atoms with Gasteiger partial charge in [0.15, 0.2) is 0 Å². The molecule has 0 amide bonds. The SMILES string of the molecule is O=Cc1ccccc1C1CC1. The van der Waals surface area contributed by atoms with Crippen molar-refractivity contribution in [3.8, 4) is 0 Å². The lowest BCUT2D eigenvalue weighted by Gasteiger charge is -1.99. The molecule has 1 aliphatic carbocycles. The van der Waals surface area contributed by atoms with Gasteiger partial charge in [0.2, 0.25) is 0 Å². The summed E-state index contributed by atoms with van der Waals surface area (Å²) in [6.07, 6.45) is 3.46. The molecule has 0 aliphatic heterocycles. The smallest absolute Gasteiger partial charge is 0.150 e. The molecule has 11 heavy (non-hydrogen) atoms. The number of benzene rings is 1. The normalized spacial score (nSPS) is 16.4. The van der Waals surface area contributed by atoms with Crippen molar-refractivity contribution in [2.75, 3.05) is 0 Å². The lowest BCUT2D eigenvalue weighted by atomic mass is 10.0. The summed E-state index contributed by atoms with van der Waals surface area (Å²) in [5.74, 6) is 0.677. The van der Waals surface area contributed by atoms with Crippen molar-refractivity contribution in [2.24, 2.45) is 0 Å². The van der Waals surface area contributed by atoms with Crippen molar-refractivity contribution in [3.05, 3.63) is 35.4 Å². The van der Waals surface area contributed by atoms with Crippen molar-refractivity contribution in [3.63, 3.8) is 0 Å². The Bertz CT molecular complexity index is 274. The number of aldehydes is 1. The minimum Gasteiger partial charge on any atom is -0.298 e. The Balaban J connectivity index is 2.42. The van der Waals surface area contributed by atoms with E-state index in [-0.39, 0.29) is 0 Å². The Hall–Kier alpha value is -1.11. The first-order chi connectivity index (χ1) is 5.42. The van der Waals surface area contributed by atoms with Crippen LogP contribution in [0.3, 0.4) is 0 Å². The Morgan fingerprint density at radius 2 is 2.00 bits per heavy atom. The van der Waals surface area contributed by atoms with Gasteiger partial charge in [-0.3, -0.25) is 4.79 Å². The molecule has 1 fully saturated rings. The summed E-state index contributed by atoms with van der Waals surface area (Å²) in [5, 5.41) is 0. The third kappa shape index (κ3) is 1.18. The molecule has 0 spiro atoms. The summed E-state index contributed by atoms with van der Waals surface area (Å²) in [6.45, 7) is 0. The lowest BCUT2D eigenvalue weighted by Crippen LogP contribution is -1.87. The van der Waals surface area contributed by atoms with Gasteiger partial charge in [-0.2, -0.15) is 0 Å². The zero-order valence-corrected chi connectivity index (χ0v) is 6.29. The maximum absolute atomic E-state index is 10.6. The summed E-state index contributed by atoms with van der Waals surface area (Å²) >= 11 is 0. The molecule has 1 aromatic carbocycles. The molecule has 0 atom stereocenters. The van der Waals surface area contributed by atoms with Crippen LogP contribution in [0.25, 0.3) is 0 Å². The highest BCUT2D eigenvalue weighted by Crippen LogP contribution is 2.41. The number of carbonyl (C=O) groups excluding carboxylic acids is 1. The van der Waals surface area contributed by atoms with Crippen LogP contribution in [0.4, 0.5) is 0 Å². The monoisotopic (exact) mass is 146 g/mol. The topological polar surface area (TPSA) is 17.1 Å². The highest BCUT2D eigenvalue weighted by molar-refractivity contribution is 5.77. The van der Waals surface area contributed by atoms with Gasteiger partial charge in [0.1, 0.15) is 6.29 Å². The van der Waals surface area contributed by atoms with Gasteiger partial charge in [-0.25, -0.2) is 0 Å². The highest BCUT2D eigenvalue weighted by atomic mass is 16.1. The molecule has 0 bridgehead atoms. The maximum atomic E-state index is 10.6. The molecule has 1 aliphatic rings. The van der Waals surface area contributed by atoms with Gasteiger partial charge in [-0.05, 0) is 24.3 Å². The van der Waals surface area contributed by atoms with E-state index in [1.54, 1.807) is 0 Å². The number of hydrogen-bond donors (Lipinski definition) is 0. The zero-order valence-electron chi connectivity index (χ0n) is 6.29. The van der Waals surface area contributed by atoms with Crippen LogP contribution in [0, 0.1) is 0 Å². The Kier molecular flexibility index (Phi) is 1.50. The van der Waals surface area contributed by atoms with E-state index < -0.39 is 0 Å². The van der Waals surface area contributed by atoms with Crippen LogP contribution < -0.4 is 0 Å². The van der Waals surface area contributed by atoms with Crippen LogP contribution in [-0.4, -0.2) is 6.29 Å². The van der Waals surface area contributed by atoms with Gasteiger partial charge < -0.3 is 0 Å². The Morgan fingerprint density at radius 3 is 2.64 bits per heavy atom. The summed E-state index contributed by atoms with van der Waals surface area (Å²) in [5.41, 5.74) is 2.11. The van der Waals surface area contributed by atoms with Gasteiger partial charge in [0.05, 0.1) is 0 Å². The van der Waals surface area contributed by atoms with E-state index in [0.717, 1.165) is 11.8 Å². The number of rotatable bonds is 2. The van der Waals surface area contributed by atoms with E-state index in [1.807, 2.05) is 18.2 Å². The molecule has 2 rings (SSSR count). The van der Waals surface area contributed by atoms with Crippen LogP contribution in [0.5, 0.6) is 0 Å². The molecule has 1 heteroatoms. The maximum Gasteiger partial charge on any atom is 0.150 e. The van der Waals surface area contributed by atoms with Crippen molar-refractivity contribution >= 4 is 6.29 Å². The van der Waals surface area contributed by atoms with Crippen molar-refractivity contribution in [1.82, 2.24) is 0 Å². The van der Waals surface area contributed by atoms with Crippen LogP contribution in [0.1, 0.15) is 34.7 Å². The van der Waals surface area contributed by atoms with Crippen molar-refractivity contribution in [1.29, 1.82) is 0 Å². The standard InChI is InChI=1S/C10H10O/c11-7-9-3-1-2-4-10(9)8-5-6-8/h1-4,7-8H,5-6H2. The van der Waals surface area contributed by atoms with Crippen molar-refractivity contribution < 1.29 is 4.79 Å². The van der Waals surface area contributed by atoms with E-state index in [4.69, 9.17) is 0 Å². The first-order valence-electron chi connectivity index (χ1n) is 3.96. The van der Waals surface area contributed by atoms with E-state index in [0.29, 0.717) is 5.92 Å². The number of hydrogen-bond acceptors (Lipinski definition) is 1. The lowest BCUT2D eigenvalue weighted by molar-refractivity contribution is 0.112. The average molecular weight is 146 g/mol. The third-order valence-corrected chi connectivity index (χ3v) is 2.14. The minimum atomic E-state index is 0.677. The van der Waals surface area contributed by atoms with Gasteiger partial charge >= 0.3 is 0 Å². The van der Waals surface area contributed by atoms with Crippen LogP contribution in [0.2, 0.25) is 0 Å². The largest absolute Gasteiger partial charge is 0.298 e. The first-order valence-corrected chi connectivity index (χ1v) is 3.96. The molecule has 0 N–H and O–H groups in total. The van der Waals surface area contributed by atoms with E-state index in [9.17, 15) is 4.79 Å². The third-order valence-electron chi connectivity index (χ3n) is 2.14. The molecule has 0 heterocycles. The van der Waals surface area contributed by atoms with E-state index >= 15 is 0 Å². The zero-order chi connectivity index (χ0) is 7.68. The fourth-order valence-corrected chi connectivity index (χ4v) is 1.38. The van der Waals surface area contributed by atoms with E-state index in [2.05, 4.69) is 6.07 Å². The summed E-state index contributed by atoms with van der Waals surface area (Å²) in [7, 11) is 0. The molecule has 0 radical (unpaired) electrons. The second-order valence-electron chi connectivity index (χ2n) is 3.02. The van der Waals surface area contributed by atoms with Crippen molar-refractivity contribution in [2.45, 2.75) is 18.8 Å². The van der Waals surface area contributed by atoms with Crippen LogP contribution in [-0.2, 0) is 0 Å². The quantitative estimate of drug-likeness (QED) is 0.585. The fraction of sp³-hybridized carbons (Fsp3) is 0.300. The fourth-order valence-electron chi connectivity index (χ4n) is 1.38. The van der Waals surface area contributed by atoms with Crippen LogP contribution >= 0.6 is 0 Å². The minimum absolute atomic E-state index is 0.677. The molecule has 0 saturated heterocycles. The van der Waals surface area contributed by atoms with Gasteiger partial charge in [0.25, 0.3) is 0 Å². The molecular weight excluding hydrogens is 136 g/mol. The molecular formula is C10H10O. The highest BCUT2D eigenvalue weighted by Gasteiger charge is 2.25. The van der Waals surface area contributed by atoms with Crippen LogP contribution in [0.15, 0.2) is 24.3 Å². The average Bonchev–Trinajstić information content (AvgIpc) is 2.87.